The molecule has 19 heavy (non-hydrogen) atoms. The first kappa shape index (κ1) is 13.4. The van der Waals surface area contributed by atoms with Crippen LogP contribution in [0.5, 0.6) is 0 Å². The minimum absolute atomic E-state index is 0.384. The molecular formula is C16H28N2O. The topological polar surface area (TPSA) is 23.6 Å². The molecule has 2 aliphatic heterocycles. The summed E-state index contributed by atoms with van der Waals surface area (Å²) < 4.78 is 0. The Morgan fingerprint density at radius 1 is 0.737 bits per heavy atom. The largest absolute Gasteiger partial charge is 0.342 e. The molecule has 0 atom stereocenters. The van der Waals surface area contributed by atoms with Gasteiger partial charge >= 0.3 is 0 Å². The van der Waals surface area contributed by atoms with E-state index in [1.54, 1.807) is 0 Å². The summed E-state index contributed by atoms with van der Waals surface area (Å²) in [6.45, 7) is 4.61. The van der Waals surface area contributed by atoms with Crippen molar-refractivity contribution >= 4 is 5.91 Å². The first-order valence-corrected chi connectivity index (χ1v) is 8.37. The number of likely N-dealkylation sites (tertiary alicyclic amines) is 2. The number of nitrogens with zero attached hydrogens (tertiary/aromatic N) is 2. The Kier molecular flexibility index (Phi) is 4.42. The Morgan fingerprint density at radius 2 is 1.37 bits per heavy atom. The molecule has 3 fully saturated rings. The van der Waals surface area contributed by atoms with Gasteiger partial charge in [0.2, 0.25) is 5.91 Å². The Morgan fingerprint density at radius 3 is 1.89 bits per heavy atom. The fourth-order valence-electron chi connectivity index (χ4n) is 3.83. The van der Waals surface area contributed by atoms with Gasteiger partial charge in [0.15, 0.2) is 0 Å². The highest BCUT2D eigenvalue weighted by molar-refractivity contribution is 5.79. The third kappa shape index (κ3) is 3.13. The van der Waals surface area contributed by atoms with Crippen LogP contribution in [0.2, 0.25) is 0 Å². The van der Waals surface area contributed by atoms with Crippen LogP contribution in [0.4, 0.5) is 0 Å². The third-order valence-electron chi connectivity index (χ3n) is 5.39. The average molecular weight is 264 g/mol. The highest BCUT2D eigenvalue weighted by atomic mass is 16.2. The lowest BCUT2D eigenvalue weighted by Gasteiger charge is -2.40. The van der Waals surface area contributed by atoms with Crippen LogP contribution < -0.4 is 0 Å². The van der Waals surface area contributed by atoms with Crippen molar-refractivity contribution in [3.63, 3.8) is 0 Å². The fourth-order valence-corrected chi connectivity index (χ4v) is 3.83. The lowest BCUT2D eigenvalue weighted by molar-refractivity contribution is -0.139. The molecule has 0 aromatic rings. The number of rotatable bonds is 2. The summed E-state index contributed by atoms with van der Waals surface area (Å²) >= 11 is 0. The SMILES string of the molecule is O=C(C1CCC1)N1CCC(N2CCCCCC2)CC1. The van der Waals surface area contributed by atoms with Crippen molar-refractivity contribution in [1.29, 1.82) is 0 Å². The first-order valence-electron chi connectivity index (χ1n) is 8.37. The minimum atomic E-state index is 0.384. The molecule has 2 saturated heterocycles. The van der Waals surface area contributed by atoms with Gasteiger partial charge in [-0.15, -0.1) is 0 Å². The van der Waals surface area contributed by atoms with Gasteiger partial charge in [-0.2, -0.15) is 0 Å². The van der Waals surface area contributed by atoms with Gasteiger partial charge in [-0.1, -0.05) is 19.3 Å². The highest BCUT2D eigenvalue weighted by Gasteiger charge is 2.32. The van der Waals surface area contributed by atoms with Crippen molar-refractivity contribution in [1.82, 2.24) is 9.80 Å². The molecule has 108 valence electrons. The molecule has 3 rings (SSSR count). The second-order valence-corrected chi connectivity index (χ2v) is 6.63. The van der Waals surface area contributed by atoms with Crippen molar-refractivity contribution in [2.24, 2.45) is 5.92 Å². The molecule has 3 heteroatoms. The molecule has 1 aliphatic carbocycles. The molecule has 0 unspecified atom stereocenters. The standard InChI is InChI=1S/C16H28N2O/c19-16(14-6-5-7-14)18-12-8-15(9-13-18)17-10-3-1-2-4-11-17/h14-15H,1-13H2. The highest BCUT2D eigenvalue weighted by Crippen LogP contribution is 2.30. The number of carbonyl (C=O) groups excluding carboxylic acids is 1. The van der Waals surface area contributed by atoms with Crippen molar-refractivity contribution in [3.8, 4) is 0 Å². The van der Waals surface area contributed by atoms with Crippen LogP contribution in [0.3, 0.4) is 0 Å². The molecular weight excluding hydrogens is 236 g/mol. The van der Waals surface area contributed by atoms with Gasteiger partial charge in [0.25, 0.3) is 0 Å². The Bertz CT molecular complexity index is 298. The maximum absolute atomic E-state index is 12.2. The number of carbonyl (C=O) groups is 1. The van der Waals surface area contributed by atoms with Gasteiger partial charge in [-0.25, -0.2) is 0 Å². The van der Waals surface area contributed by atoms with Crippen molar-refractivity contribution in [3.05, 3.63) is 0 Å². The quantitative estimate of drug-likeness (QED) is 0.765. The molecule has 0 aromatic heterocycles. The lowest BCUT2D eigenvalue weighted by Crippen LogP contribution is -2.49. The summed E-state index contributed by atoms with van der Waals surface area (Å²) in [5.74, 6) is 0.843. The zero-order valence-corrected chi connectivity index (χ0v) is 12.1. The summed E-state index contributed by atoms with van der Waals surface area (Å²) in [6, 6.07) is 0.753. The van der Waals surface area contributed by atoms with E-state index in [0.717, 1.165) is 32.0 Å². The average Bonchev–Trinajstić information content (AvgIpc) is 2.65. The van der Waals surface area contributed by atoms with Gasteiger partial charge in [0, 0.05) is 25.0 Å². The van der Waals surface area contributed by atoms with E-state index in [1.165, 1.54) is 58.0 Å². The molecule has 0 aromatic carbocycles. The molecule has 1 amide bonds. The zero-order valence-electron chi connectivity index (χ0n) is 12.1. The van der Waals surface area contributed by atoms with Gasteiger partial charge in [-0.3, -0.25) is 4.79 Å². The van der Waals surface area contributed by atoms with Crippen molar-refractivity contribution in [2.75, 3.05) is 26.2 Å². The van der Waals surface area contributed by atoms with Crippen LogP contribution >= 0.6 is 0 Å². The van der Waals surface area contributed by atoms with Gasteiger partial charge < -0.3 is 9.80 Å². The second-order valence-electron chi connectivity index (χ2n) is 6.63. The molecule has 0 radical (unpaired) electrons. The van der Waals surface area contributed by atoms with Crippen LogP contribution in [0.25, 0.3) is 0 Å². The first-order chi connectivity index (χ1) is 9.34. The normalized spacial score (nSPS) is 27.9. The third-order valence-corrected chi connectivity index (χ3v) is 5.39. The van der Waals surface area contributed by atoms with Crippen LogP contribution in [0, 0.1) is 5.92 Å². The summed E-state index contributed by atoms with van der Waals surface area (Å²) in [7, 11) is 0. The van der Waals surface area contributed by atoms with Crippen molar-refractivity contribution in [2.45, 2.75) is 63.8 Å². The summed E-state index contributed by atoms with van der Waals surface area (Å²) in [5.41, 5.74) is 0. The molecule has 1 saturated carbocycles. The van der Waals surface area contributed by atoms with E-state index in [2.05, 4.69) is 9.80 Å². The summed E-state index contributed by atoms with van der Waals surface area (Å²) in [4.78, 5) is 17.1. The summed E-state index contributed by atoms with van der Waals surface area (Å²) in [5, 5.41) is 0. The number of hydrogen-bond acceptors (Lipinski definition) is 2. The van der Waals surface area contributed by atoms with Crippen LogP contribution in [0.1, 0.15) is 57.8 Å². The predicted molar refractivity (Wildman–Crippen MR) is 77.0 cm³/mol. The van der Waals surface area contributed by atoms with Gasteiger partial charge in [0.1, 0.15) is 0 Å². The lowest BCUT2D eigenvalue weighted by atomic mass is 9.84. The molecule has 0 N–H and O–H groups in total. The Labute approximate surface area is 117 Å². The maximum Gasteiger partial charge on any atom is 0.225 e. The summed E-state index contributed by atoms with van der Waals surface area (Å²) in [6.07, 6.45) is 11.5. The number of hydrogen-bond donors (Lipinski definition) is 0. The monoisotopic (exact) mass is 264 g/mol. The maximum atomic E-state index is 12.2. The fraction of sp³-hybridized carbons (Fsp3) is 0.938. The number of amides is 1. The van der Waals surface area contributed by atoms with E-state index in [9.17, 15) is 4.79 Å². The van der Waals surface area contributed by atoms with E-state index in [1.807, 2.05) is 0 Å². The predicted octanol–water partition coefficient (Wildman–Crippen LogP) is 2.65. The molecule has 0 bridgehead atoms. The zero-order chi connectivity index (χ0) is 13.1. The number of piperidine rings is 1. The molecule has 3 nitrogen and oxygen atoms in total. The van der Waals surface area contributed by atoms with Crippen molar-refractivity contribution < 1.29 is 4.79 Å². The molecule has 2 heterocycles. The van der Waals surface area contributed by atoms with E-state index in [-0.39, 0.29) is 0 Å². The van der Waals surface area contributed by atoms with Gasteiger partial charge in [0.05, 0.1) is 0 Å². The van der Waals surface area contributed by atoms with Crippen LogP contribution in [0.15, 0.2) is 0 Å². The van der Waals surface area contributed by atoms with E-state index in [0.29, 0.717) is 11.8 Å². The Hall–Kier alpha value is -0.570. The molecule has 3 aliphatic rings. The van der Waals surface area contributed by atoms with E-state index >= 15 is 0 Å². The second kappa shape index (κ2) is 6.25. The van der Waals surface area contributed by atoms with Crippen LogP contribution in [-0.4, -0.2) is 47.9 Å². The minimum Gasteiger partial charge on any atom is -0.342 e. The van der Waals surface area contributed by atoms with Gasteiger partial charge in [-0.05, 0) is 51.6 Å². The van der Waals surface area contributed by atoms with Crippen LogP contribution in [-0.2, 0) is 4.79 Å². The Balaban J connectivity index is 1.46. The van der Waals surface area contributed by atoms with E-state index in [4.69, 9.17) is 0 Å². The van der Waals surface area contributed by atoms with E-state index < -0.39 is 0 Å². The smallest absolute Gasteiger partial charge is 0.225 e. The molecule has 0 spiro atoms.